The Morgan fingerprint density at radius 1 is 1.54 bits per heavy atom. The first-order valence-corrected chi connectivity index (χ1v) is 4.31. The van der Waals surface area contributed by atoms with E-state index in [0.717, 1.165) is 0 Å². The van der Waals surface area contributed by atoms with Crippen LogP contribution in [0.2, 0.25) is 0 Å². The molecule has 2 rings (SSSR count). The largest absolute Gasteiger partial charge is 0.350 e. The topological polar surface area (TPSA) is 52.2 Å². The van der Waals surface area contributed by atoms with Crippen molar-refractivity contribution in [1.82, 2.24) is 19.2 Å². The summed E-state index contributed by atoms with van der Waals surface area (Å²) in [5.41, 5.74) is 0.357. The number of alkyl halides is 1. The zero-order chi connectivity index (χ0) is 9.26. The highest BCUT2D eigenvalue weighted by atomic mass is 35.5. The molecule has 0 radical (unpaired) electrons. The number of halogens is 1. The highest BCUT2D eigenvalue weighted by Crippen LogP contribution is 1.92. The van der Waals surface area contributed by atoms with Gasteiger partial charge in [0.2, 0.25) is 0 Å². The monoisotopic (exact) mass is 198 g/mol. The molecule has 0 amide bonds. The molecule has 0 fully saturated rings. The second-order valence-corrected chi connectivity index (χ2v) is 2.88. The van der Waals surface area contributed by atoms with E-state index in [0.29, 0.717) is 18.1 Å². The summed E-state index contributed by atoms with van der Waals surface area (Å²) in [5, 5.41) is 4.02. The van der Waals surface area contributed by atoms with Crippen molar-refractivity contribution in [2.24, 2.45) is 0 Å². The second-order valence-electron chi connectivity index (χ2n) is 2.50. The first kappa shape index (κ1) is 8.25. The van der Waals surface area contributed by atoms with Gasteiger partial charge in [0.05, 0.1) is 12.7 Å². The lowest BCUT2D eigenvalue weighted by atomic mass is 10.7. The van der Waals surface area contributed by atoms with Gasteiger partial charge in [-0.2, -0.15) is 0 Å². The molecule has 0 aliphatic rings. The normalized spacial score (nSPS) is 10.8. The highest BCUT2D eigenvalue weighted by molar-refractivity contribution is 6.17. The molecule has 0 aliphatic heterocycles. The Morgan fingerprint density at radius 3 is 3.08 bits per heavy atom. The Morgan fingerprint density at radius 2 is 2.38 bits per heavy atom. The molecule has 0 saturated heterocycles. The molecule has 0 aromatic carbocycles. The van der Waals surface area contributed by atoms with Crippen LogP contribution in [0.1, 0.15) is 0 Å². The van der Waals surface area contributed by atoms with Crippen LogP contribution in [-0.4, -0.2) is 25.0 Å². The van der Waals surface area contributed by atoms with Gasteiger partial charge in [-0.1, -0.05) is 0 Å². The fourth-order valence-electron chi connectivity index (χ4n) is 1.11. The van der Waals surface area contributed by atoms with E-state index in [1.165, 1.54) is 15.3 Å². The van der Waals surface area contributed by atoms with E-state index in [9.17, 15) is 4.79 Å². The summed E-state index contributed by atoms with van der Waals surface area (Å²) < 4.78 is 2.75. The van der Waals surface area contributed by atoms with E-state index < -0.39 is 0 Å². The SMILES string of the molecule is O=c1n(CCCl)nc2cnccn12. The lowest BCUT2D eigenvalue weighted by Gasteiger charge is -1.89. The van der Waals surface area contributed by atoms with Crippen LogP contribution in [0.25, 0.3) is 5.65 Å². The zero-order valence-corrected chi connectivity index (χ0v) is 7.48. The number of hydrogen-bond acceptors (Lipinski definition) is 3. The van der Waals surface area contributed by atoms with Crippen LogP contribution in [0.15, 0.2) is 23.4 Å². The van der Waals surface area contributed by atoms with Crippen LogP contribution in [0.4, 0.5) is 0 Å². The smallest absolute Gasteiger partial charge is 0.259 e. The summed E-state index contributed by atoms with van der Waals surface area (Å²) in [6, 6.07) is 0. The summed E-state index contributed by atoms with van der Waals surface area (Å²) >= 11 is 5.51. The Kier molecular flexibility index (Phi) is 2.02. The maximum absolute atomic E-state index is 11.5. The van der Waals surface area contributed by atoms with E-state index in [4.69, 9.17) is 11.6 Å². The van der Waals surface area contributed by atoms with Crippen molar-refractivity contribution in [2.45, 2.75) is 6.54 Å². The maximum Gasteiger partial charge on any atom is 0.350 e. The molecule has 2 heterocycles. The minimum absolute atomic E-state index is 0.182. The number of hydrogen-bond donors (Lipinski definition) is 0. The molecule has 0 atom stereocenters. The van der Waals surface area contributed by atoms with Gasteiger partial charge in [0, 0.05) is 18.3 Å². The fraction of sp³-hybridized carbons (Fsp3) is 0.286. The van der Waals surface area contributed by atoms with Crippen molar-refractivity contribution < 1.29 is 0 Å². The van der Waals surface area contributed by atoms with Crippen molar-refractivity contribution in [2.75, 3.05) is 5.88 Å². The van der Waals surface area contributed by atoms with Crippen molar-refractivity contribution in [1.29, 1.82) is 0 Å². The lowest BCUT2D eigenvalue weighted by molar-refractivity contribution is 0.637. The summed E-state index contributed by atoms with van der Waals surface area (Å²) in [6.45, 7) is 0.419. The molecule has 0 saturated carbocycles. The molecular weight excluding hydrogens is 192 g/mol. The second kappa shape index (κ2) is 3.18. The number of aryl methyl sites for hydroxylation is 1. The quantitative estimate of drug-likeness (QED) is 0.645. The maximum atomic E-state index is 11.5. The number of rotatable bonds is 2. The van der Waals surface area contributed by atoms with Gasteiger partial charge < -0.3 is 0 Å². The Hall–Kier alpha value is -1.36. The lowest BCUT2D eigenvalue weighted by Crippen LogP contribution is -2.21. The molecule has 0 bridgehead atoms. The van der Waals surface area contributed by atoms with Gasteiger partial charge in [0.1, 0.15) is 0 Å². The first-order chi connectivity index (χ1) is 6.33. The molecule has 0 unspecified atom stereocenters. The van der Waals surface area contributed by atoms with Gasteiger partial charge in [-0.05, 0) is 0 Å². The van der Waals surface area contributed by atoms with Gasteiger partial charge in [-0.25, -0.2) is 13.9 Å². The van der Waals surface area contributed by atoms with Gasteiger partial charge in [-0.15, -0.1) is 16.7 Å². The molecule has 0 aliphatic carbocycles. The zero-order valence-electron chi connectivity index (χ0n) is 6.72. The van der Waals surface area contributed by atoms with Crippen molar-refractivity contribution in [3.63, 3.8) is 0 Å². The predicted octanol–water partition coefficient (Wildman–Crippen LogP) is 0.130. The third-order valence-corrected chi connectivity index (χ3v) is 1.85. The average molecular weight is 199 g/mol. The molecule has 13 heavy (non-hydrogen) atoms. The van der Waals surface area contributed by atoms with E-state index in [-0.39, 0.29) is 5.69 Å². The molecule has 2 aromatic heterocycles. The Balaban J connectivity index is 2.67. The summed E-state index contributed by atoms with van der Waals surface area (Å²) in [7, 11) is 0. The van der Waals surface area contributed by atoms with Crippen molar-refractivity contribution in [3.8, 4) is 0 Å². The molecular formula is C7H7ClN4O. The summed E-state index contributed by atoms with van der Waals surface area (Å²) in [4.78, 5) is 15.4. The Bertz CT molecular complexity index is 475. The van der Waals surface area contributed by atoms with Crippen LogP contribution in [0, 0.1) is 0 Å². The van der Waals surface area contributed by atoms with E-state index in [1.807, 2.05) is 0 Å². The van der Waals surface area contributed by atoms with E-state index in [1.54, 1.807) is 12.4 Å². The molecule has 68 valence electrons. The van der Waals surface area contributed by atoms with Crippen molar-refractivity contribution in [3.05, 3.63) is 29.1 Å². The third kappa shape index (κ3) is 1.31. The van der Waals surface area contributed by atoms with Crippen LogP contribution in [0.3, 0.4) is 0 Å². The standard InChI is InChI=1S/C7H7ClN4O/c8-1-3-12-7(13)11-4-2-9-5-6(11)10-12/h2,4-5H,1,3H2. The van der Waals surface area contributed by atoms with Gasteiger partial charge in [0.25, 0.3) is 0 Å². The highest BCUT2D eigenvalue weighted by Gasteiger charge is 2.04. The first-order valence-electron chi connectivity index (χ1n) is 3.78. The number of aromatic nitrogens is 4. The molecule has 6 heteroatoms. The van der Waals surface area contributed by atoms with Crippen molar-refractivity contribution >= 4 is 17.2 Å². The fourth-order valence-corrected chi connectivity index (χ4v) is 1.27. The van der Waals surface area contributed by atoms with Crippen LogP contribution < -0.4 is 5.69 Å². The van der Waals surface area contributed by atoms with Gasteiger partial charge in [0.15, 0.2) is 5.65 Å². The van der Waals surface area contributed by atoms with Gasteiger partial charge >= 0.3 is 5.69 Å². The minimum atomic E-state index is -0.182. The molecule has 5 nitrogen and oxygen atoms in total. The molecule has 2 aromatic rings. The van der Waals surface area contributed by atoms with Crippen LogP contribution in [-0.2, 0) is 6.54 Å². The van der Waals surface area contributed by atoms with Crippen LogP contribution in [0.5, 0.6) is 0 Å². The average Bonchev–Trinajstić information content (AvgIpc) is 2.46. The number of fused-ring (bicyclic) bond motifs is 1. The van der Waals surface area contributed by atoms with E-state index in [2.05, 4.69) is 10.1 Å². The predicted molar refractivity (Wildman–Crippen MR) is 48.0 cm³/mol. The molecule has 0 N–H and O–H groups in total. The summed E-state index contributed by atoms with van der Waals surface area (Å²) in [6.07, 6.45) is 4.66. The Labute approximate surface area is 78.6 Å². The molecule has 0 spiro atoms. The van der Waals surface area contributed by atoms with Gasteiger partial charge in [-0.3, -0.25) is 4.98 Å². The third-order valence-electron chi connectivity index (χ3n) is 1.69. The van der Waals surface area contributed by atoms with Crippen LogP contribution >= 0.6 is 11.6 Å². The number of nitrogens with zero attached hydrogens (tertiary/aromatic N) is 4. The minimum Gasteiger partial charge on any atom is -0.259 e. The summed E-state index contributed by atoms with van der Waals surface area (Å²) in [5.74, 6) is 0.372. The van der Waals surface area contributed by atoms with E-state index >= 15 is 0 Å².